The summed E-state index contributed by atoms with van der Waals surface area (Å²) in [7, 11) is 1.84. The molecule has 0 bridgehead atoms. The Hall–Kier alpha value is -0.0400. The second-order valence-electron chi connectivity index (χ2n) is 6.41. The summed E-state index contributed by atoms with van der Waals surface area (Å²) in [5.41, 5.74) is 0. The Kier molecular flexibility index (Phi) is 10.6. The summed E-state index contributed by atoms with van der Waals surface area (Å²) in [5.74, 6) is 2.33. The van der Waals surface area contributed by atoms with Crippen molar-refractivity contribution in [1.82, 2.24) is 15.5 Å². The minimum Gasteiger partial charge on any atom is -0.356 e. The first-order chi connectivity index (χ1) is 9.02. The van der Waals surface area contributed by atoms with Gasteiger partial charge in [0.25, 0.3) is 0 Å². The van der Waals surface area contributed by atoms with E-state index in [1.165, 1.54) is 25.9 Å². The van der Waals surface area contributed by atoms with Crippen LogP contribution in [0, 0.1) is 11.8 Å². The summed E-state index contributed by atoms with van der Waals surface area (Å²) in [6.45, 7) is 13.5. The predicted molar refractivity (Wildman–Crippen MR) is 99.1 cm³/mol. The molecule has 0 amide bonds. The average molecular weight is 396 g/mol. The van der Waals surface area contributed by atoms with E-state index >= 15 is 0 Å². The van der Waals surface area contributed by atoms with Gasteiger partial charge in [-0.25, -0.2) is 0 Å². The van der Waals surface area contributed by atoms with Crippen LogP contribution in [0.15, 0.2) is 4.99 Å². The van der Waals surface area contributed by atoms with E-state index in [4.69, 9.17) is 0 Å². The maximum atomic E-state index is 4.28. The molecule has 0 aromatic rings. The number of hydrogen-bond donors (Lipinski definition) is 2. The van der Waals surface area contributed by atoms with Crippen molar-refractivity contribution in [3.8, 4) is 0 Å². The number of nitrogens with zero attached hydrogens (tertiary/aromatic N) is 2. The molecule has 20 heavy (non-hydrogen) atoms. The van der Waals surface area contributed by atoms with Crippen LogP contribution < -0.4 is 10.6 Å². The Morgan fingerprint density at radius 1 is 1.20 bits per heavy atom. The standard InChI is InChI=1S/C15H32N4.HI/c1-12(2)9-17-15(16-5)18-10-14-7-6-8-19(14)11-13(3)4;/h12-14H,6-11H2,1-5H3,(H2,16,17,18);1H/t14-;/m1./s1. The number of likely N-dealkylation sites (tertiary alicyclic amines) is 1. The Bertz CT molecular complexity index is 279. The highest BCUT2D eigenvalue weighted by Gasteiger charge is 2.24. The number of hydrogen-bond acceptors (Lipinski definition) is 2. The molecule has 5 heteroatoms. The zero-order valence-electron chi connectivity index (χ0n) is 13.8. The van der Waals surface area contributed by atoms with Crippen LogP contribution >= 0.6 is 24.0 Å². The van der Waals surface area contributed by atoms with Gasteiger partial charge in [0.15, 0.2) is 5.96 Å². The molecule has 2 N–H and O–H groups in total. The van der Waals surface area contributed by atoms with Crippen LogP contribution in [0.2, 0.25) is 0 Å². The van der Waals surface area contributed by atoms with Crippen molar-refractivity contribution in [2.75, 3.05) is 33.2 Å². The van der Waals surface area contributed by atoms with E-state index < -0.39 is 0 Å². The highest BCUT2D eigenvalue weighted by atomic mass is 127. The summed E-state index contributed by atoms with van der Waals surface area (Å²) in [6.07, 6.45) is 2.64. The third kappa shape index (κ3) is 7.67. The van der Waals surface area contributed by atoms with E-state index in [1.54, 1.807) is 0 Å². The normalized spacial score (nSPS) is 20.4. The van der Waals surface area contributed by atoms with E-state index in [0.29, 0.717) is 12.0 Å². The van der Waals surface area contributed by atoms with Crippen LogP contribution in [-0.2, 0) is 0 Å². The average Bonchev–Trinajstić information content (AvgIpc) is 2.75. The number of guanidine groups is 1. The molecule has 120 valence electrons. The lowest BCUT2D eigenvalue weighted by atomic mass is 10.1. The van der Waals surface area contributed by atoms with E-state index in [0.717, 1.165) is 25.0 Å². The third-order valence-corrected chi connectivity index (χ3v) is 3.51. The van der Waals surface area contributed by atoms with Gasteiger partial charge in [-0.2, -0.15) is 0 Å². The van der Waals surface area contributed by atoms with E-state index in [9.17, 15) is 0 Å². The number of rotatable bonds is 6. The van der Waals surface area contributed by atoms with Crippen LogP contribution in [0.5, 0.6) is 0 Å². The maximum absolute atomic E-state index is 4.28. The van der Waals surface area contributed by atoms with Crippen LogP contribution in [0.1, 0.15) is 40.5 Å². The summed E-state index contributed by atoms with van der Waals surface area (Å²) < 4.78 is 0. The molecule has 0 saturated carbocycles. The molecular weight excluding hydrogens is 363 g/mol. The van der Waals surface area contributed by atoms with Crippen LogP contribution in [0.4, 0.5) is 0 Å². The smallest absolute Gasteiger partial charge is 0.191 e. The zero-order valence-corrected chi connectivity index (χ0v) is 16.1. The molecule has 1 fully saturated rings. The SMILES string of the molecule is CN=C(NCC(C)C)NC[C@H]1CCCN1CC(C)C.I. The van der Waals surface area contributed by atoms with Crippen LogP contribution in [0.25, 0.3) is 0 Å². The van der Waals surface area contributed by atoms with E-state index in [-0.39, 0.29) is 24.0 Å². The minimum absolute atomic E-state index is 0. The highest BCUT2D eigenvalue weighted by molar-refractivity contribution is 14.0. The lowest BCUT2D eigenvalue weighted by molar-refractivity contribution is 0.226. The van der Waals surface area contributed by atoms with Gasteiger partial charge in [-0.3, -0.25) is 9.89 Å². The molecule has 1 atom stereocenters. The first-order valence-electron chi connectivity index (χ1n) is 7.71. The van der Waals surface area contributed by atoms with Gasteiger partial charge in [0.05, 0.1) is 0 Å². The van der Waals surface area contributed by atoms with Crippen molar-refractivity contribution in [2.24, 2.45) is 16.8 Å². The molecule has 1 heterocycles. The summed E-state index contributed by atoms with van der Waals surface area (Å²) in [4.78, 5) is 6.90. The molecule has 0 radical (unpaired) electrons. The Balaban J connectivity index is 0.00000361. The molecule has 1 saturated heterocycles. The Morgan fingerprint density at radius 3 is 2.45 bits per heavy atom. The molecule has 0 aromatic heterocycles. The van der Waals surface area contributed by atoms with Gasteiger partial charge in [0, 0.05) is 32.7 Å². The van der Waals surface area contributed by atoms with Gasteiger partial charge in [-0.05, 0) is 31.2 Å². The molecular formula is C15H33IN4. The monoisotopic (exact) mass is 396 g/mol. The van der Waals surface area contributed by atoms with Gasteiger partial charge < -0.3 is 10.6 Å². The van der Waals surface area contributed by atoms with Gasteiger partial charge in [0.2, 0.25) is 0 Å². The molecule has 0 aliphatic carbocycles. The number of halogens is 1. The first-order valence-corrected chi connectivity index (χ1v) is 7.71. The molecule has 4 nitrogen and oxygen atoms in total. The van der Waals surface area contributed by atoms with Gasteiger partial charge in [-0.15, -0.1) is 24.0 Å². The van der Waals surface area contributed by atoms with Crippen molar-refractivity contribution in [1.29, 1.82) is 0 Å². The second-order valence-corrected chi connectivity index (χ2v) is 6.41. The molecule has 0 unspecified atom stereocenters. The van der Waals surface area contributed by atoms with Crippen molar-refractivity contribution in [3.63, 3.8) is 0 Å². The fourth-order valence-corrected chi connectivity index (χ4v) is 2.57. The Labute approximate surface area is 142 Å². The van der Waals surface area contributed by atoms with E-state index in [2.05, 4.69) is 48.2 Å². The summed E-state index contributed by atoms with van der Waals surface area (Å²) >= 11 is 0. The topological polar surface area (TPSA) is 39.7 Å². The fourth-order valence-electron chi connectivity index (χ4n) is 2.57. The molecule has 1 aliphatic rings. The Morgan fingerprint density at radius 2 is 1.90 bits per heavy atom. The van der Waals surface area contributed by atoms with Gasteiger partial charge >= 0.3 is 0 Å². The number of aliphatic imine (C=N–C) groups is 1. The van der Waals surface area contributed by atoms with Gasteiger partial charge in [0.1, 0.15) is 0 Å². The van der Waals surface area contributed by atoms with E-state index in [1.807, 2.05) is 7.05 Å². The largest absolute Gasteiger partial charge is 0.356 e. The van der Waals surface area contributed by atoms with Crippen LogP contribution in [0.3, 0.4) is 0 Å². The van der Waals surface area contributed by atoms with Crippen molar-refractivity contribution in [3.05, 3.63) is 0 Å². The summed E-state index contributed by atoms with van der Waals surface area (Å²) in [5, 5.41) is 6.84. The zero-order chi connectivity index (χ0) is 14.3. The maximum Gasteiger partial charge on any atom is 0.191 e. The van der Waals surface area contributed by atoms with Crippen molar-refractivity contribution in [2.45, 2.75) is 46.6 Å². The minimum atomic E-state index is 0. The fraction of sp³-hybridized carbons (Fsp3) is 0.933. The van der Waals surface area contributed by atoms with Crippen molar-refractivity contribution >= 4 is 29.9 Å². The second kappa shape index (κ2) is 10.7. The number of nitrogens with one attached hydrogen (secondary N) is 2. The van der Waals surface area contributed by atoms with Crippen LogP contribution in [-0.4, -0.2) is 50.1 Å². The highest BCUT2D eigenvalue weighted by Crippen LogP contribution is 2.17. The summed E-state index contributed by atoms with van der Waals surface area (Å²) in [6, 6.07) is 0.667. The lowest BCUT2D eigenvalue weighted by Gasteiger charge is -2.27. The molecule has 0 aromatic carbocycles. The van der Waals surface area contributed by atoms with Crippen molar-refractivity contribution < 1.29 is 0 Å². The molecule has 1 aliphatic heterocycles. The van der Waals surface area contributed by atoms with Gasteiger partial charge in [-0.1, -0.05) is 27.7 Å². The predicted octanol–water partition coefficient (Wildman–Crippen LogP) is 2.55. The molecule has 1 rings (SSSR count). The third-order valence-electron chi connectivity index (χ3n) is 3.51. The lowest BCUT2D eigenvalue weighted by Crippen LogP contribution is -2.46. The molecule has 0 spiro atoms. The first kappa shape index (κ1) is 20.0. The quantitative estimate of drug-likeness (QED) is 0.412.